The average molecular weight is 438 g/mol. The Balaban J connectivity index is 1.44. The Morgan fingerprint density at radius 3 is 2.84 bits per heavy atom. The zero-order chi connectivity index (χ0) is 21.3. The van der Waals surface area contributed by atoms with Crippen molar-refractivity contribution in [2.24, 2.45) is 5.92 Å². The van der Waals surface area contributed by atoms with Gasteiger partial charge in [-0.25, -0.2) is 4.98 Å². The highest BCUT2D eigenvalue weighted by molar-refractivity contribution is 7.17. The quantitative estimate of drug-likeness (QED) is 0.530. The van der Waals surface area contributed by atoms with Gasteiger partial charge in [0.2, 0.25) is 10.8 Å². The van der Waals surface area contributed by atoms with Crippen molar-refractivity contribution in [3.63, 3.8) is 0 Å². The summed E-state index contributed by atoms with van der Waals surface area (Å²) >= 11 is 1.45. The predicted octanol–water partition coefficient (Wildman–Crippen LogP) is 3.08. The summed E-state index contributed by atoms with van der Waals surface area (Å²) in [7, 11) is 0. The fourth-order valence-corrected chi connectivity index (χ4v) is 6.39. The number of hydrogen-bond donors (Lipinski definition) is 1. The SMILES string of the molecule is Cc1nc2sc([C@H](c3ccc(C)o3)N3C[C@@H]4C[C@@H](C3)c3cccc(=O)n3C4)c(O)n2n1. The van der Waals surface area contributed by atoms with Crippen LogP contribution in [0.2, 0.25) is 0 Å². The first-order valence-corrected chi connectivity index (χ1v) is 11.3. The number of hydrogen-bond acceptors (Lipinski definition) is 7. The Hall–Kier alpha value is -2.91. The maximum atomic E-state index is 12.4. The van der Waals surface area contributed by atoms with Crippen LogP contribution < -0.4 is 5.56 Å². The molecule has 0 saturated carbocycles. The third-order valence-corrected chi connectivity index (χ3v) is 7.53. The Labute approximate surface area is 182 Å². The highest BCUT2D eigenvalue weighted by atomic mass is 32.1. The van der Waals surface area contributed by atoms with Crippen LogP contribution >= 0.6 is 11.3 Å². The number of piperidine rings is 1. The van der Waals surface area contributed by atoms with Crippen LogP contribution in [0.15, 0.2) is 39.5 Å². The highest BCUT2D eigenvalue weighted by Crippen LogP contribution is 2.45. The number of pyridine rings is 1. The van der Waals surface area contributed by atoms with Crippen molar-refractivity contribution < 1.29 is 9.52 Å². The zero-order valence-electron chi connectivity index (χ0n) is 17.4. The van der Waals surface area contributed by atoms with E-state index in [-0.39, 0.29) is 23.4 Å². The Bertz CT molecular complexity index is 1350. The summed E-state index contributed by atoms with van der Waals surface area (Å²) in [5.74, 6) is 3.03. The molecule has 6 rings (SSSR count). The molecule has 0 unspecified atom stereocenters. The van der Waals surface area contributed by atoms with Gasteiger partial charge in [0.1, 0.15) is 23.4 Å². The van der Waals surface area contributed by atoms with E-state index in [9.17, 15) is 9.90 Å². The summed E-state index contributed by atoms with van der Waals surface area (Å²) < 4.78 is 9.51. The third kappa shape index (κ3) is 2.95. The van der Waals surface area contributed by atoms with E-state index in [1.807, 2.05) is 36.6 Å². The van der Waals surface area contributed by atoms with E-state index in [0.29, 0.717) is 16.7 Å². The van der Waals surface area contributed by atoms with Crippen molar-refractivity contribution in [2.75, 3.05) is 13.1 Å². The summed E-state index contributed by atoms with van der Waals surface area (Å²) in [6.07, 6.45) is 1.07. The molecule has 1 N–H and O–H groups in total. The largest absolute Gasteiger partial charge is 0.492 e. The predicted molar refractivity (Wildman–Crippen MR) is 116 cm³/mol. The smallest absolute Gasteiger partial charge is 0.250 e. The Morgan fingerprint density at radius 1 is 1.19 bits per heavy atom. The molecule has 1 fully saturated rings. The summed E-state index contributed by atoms with van der Waals surface area (Å²) in [6, 6.07) is 9.29. The molecule has 0 amide bonds. The van der Waals surface area contributed by atoms with Gasteiger partial charge in [-0.15, -0.1) is 5.10 Å². The molecule has 0 aromatic carbocycles. The Kier molecular flexibility index (Phi) is 4.13. The van der Waals surface area contributed by atoms with Crippen LogP contribution in [-0.2, 0) is 6.54 Å². The van der Waals surface area contributed by atoms with E-state index < -0.39 is 0 Å². The van der Waals surface area contributed by atoms with E-state index in [2.05, 4.69) is 21.0 Å². The molecule has 6 heterocycles. The van der Waals surface area contributed by atoms with Crippen LogP contribution in [0, 0.1) is 19.8 Å². The highest BCUT2D eigenvalue weighted by Gasteiger charge is 2.40. The van der Waals surface area contributed by atoms with Crippen molar-refractivity contribution in [1.82, 2.24) is 24.1 Å². The molecule has 2 aliphatic rings. The minimum Gasteiger partial charge on any atom is -0.492 e. The number of rotatable bonds is 3. The van der Waals surface area contributed by atoms with Gasteiger partial charge < -0.3 is 14.1 Å². The maximum Gasteiger partial charge on any atom is 0.250 e. The molecular weight excluding hydrogens is 414 g/mol. The molecule has 4 aromatic heterocycles. The van der Waals surface area contributed by atoms with Gasteiger partial charge in [-0.2, -0.15) is 4.52 Å². The molecule has 8 nitrogen and oxygen atoms in total. The monoisotopic (exact) mass is 437 g/mol. The normalized spacial score (nSPS) is 22.0. The maximum absolute atomic E-state index is 12.4. The number of fused-ring (bicyclic) bond motifs is 5. The second-order valence-corrected chi connectivity index (χ2v) is 9.66. The number of nitrogens with zero attached hydrogens (tertiary/aromatic N) is 5. The molecule has 0 radical (unpaired) electrons. The lowest BCUT2D eigenvalue weighted by Crippen LogP contribution is -2.48. The third-order valence-electron chi connectivity index (χ3n) is 6.46. The number of aryl methyl sites for hydroxylation is 2. The molecule has 31 heavy (non-hydrogen) atoms. The number of aromatic hydroxyl groups is 1. The van der Waals surface area contributed by atoms with Crippen molar-refractivity contribution in [3.05, 3.63) is 68.6 Å². The number of likely N-dealkylation sites (tertiary alicyclic amines) is 1. The average Bonchev–Trinajstić information content (AvgIpc) is 3.40. The lowest BCUT2D eigenvalue weighted by Gasteiger charge is -2.45. The van der Waals surface area contributed by atoms with Crippen LogP contribution in [0.3, 0.4) is 0 Å². The van der Waals surface area contributed by atoms with Crippen LogP contribution in [0.1, 0.15) is 46.3 Å². The molecular formula is C22H23N5O3S. The number of furan rings is 1. The first-order chi connectivity index (χ1) is 15.0. The van der Waals surface area contributed by atoms with Gasteiger partial charge in [0.25, 0.3) is 5.56 Å². The molecule has 9 heteroatoms. The number of thiazole rings is 1. The van der Waals surface area contributed by atoms with Crippen molar-refractivity contribution in [2.45, 2.75) is 38.8 Å². The fraction of sp³-hybridized carbons (Fsp3) is 0.409. The van der Waals surface area contributed by atoms with Crippen LogP contribution in [-0.4, -0.2) is 42.3 Å². The van der Waals surface area contributed by atoms with E-state index in [4.69, 9.17) is 4.42 Å². The minimum absolute atomic E-state index is 0.0810. The lowest BCUT2D eigenvalue weighted by atomic mass is 9.82. The van der Waals surface area contributed by atoms with E-state index >= 15 is 0 Å². The first kappa shape index (κ1) is 18.8. The summed E-state index contributed by atoms with van der Waals surface area (Å²) in [4.78, 5) is 20.7. The van der Waals surface area contributed by atoms with Crippen molar-refractivity contribution >= 4 is 16.3 Å². The van der Waals surface area contributed by atoms with Crippen molar-refractivity contribution in [1.29, 1.82) is 0 Å². The topological polar surface area (TPSA) is 88.8 Å². The van der Waals surface area contributed by atoms with Gasteiger partial charge in [0.15, 0.2) is 0 Å². The van der Waals surface area contributed by atoms with E-state index in [1.165, 1.54) is 15.9 Å². The number of aromatic nitrogens is 4. The summed E-state index contributed by atoms with van der Waals surface area (Å²) in [5, 5.41) is 15.4. The zero-order valence-corrected chi connectivity index (χ0v) is 18.2. The second-order valence-electron chi connectivity index (χ2n) is 8.65. The molecule has 2 bridgehead atoms. The standard InChI is InChI=1S/C22H23N5O3S/c1-12-6-7-17(30-12)19(20-21(29)27-22(31-20)23-13(2)24-27)25-9-14-8-15(11-25)16-4-3-5-18(28)26(16)10-14/h3-7,14-15,19,29H,8-11H2,1-2H3/t14-,15-,19-/m0/s1. The van der Waals surface area contributed by atoms with Gasteiger partial charge in [-0.3, -0.25) is 9.69 Å². The summed E-state index contributed by atoms with van der Waals surface area (Å²) in [5.41, 5.74) is 1.18. The van der Waals surface area contributed by atoms with E-state index in [1.54, 1.807) is 6.07 Å². The van der Waals surface area contributed by atoms with Gasteiger partial charge in [0, 0.05) is 37.3 Å². The molecule has 1 saturated heterocycles. The molecule has 2 aliphatic heterocycles. The van der Waals surface area contributed by atoms with Crippen molar-refractivity contribution in [3.8, 4) is 5.88 Å². The van der Waals surface area contributed by atoms with Gasteiger partial charge in [0.05, 0.1) is 4.88 Å². The summed E-state index contributed by atoms with van der Waals surface area (Å²) in [6.45, 7) is 6.09. The van der Waals surface area contributed by atoms with Gasteiger partial charge in [-0.05, 0) is 44.4 Å². The lowest BCUT2D eigenvalue weighted by molar-refractivity contribution is 0.0868. The molecule has 0 aliphatic carbocycles. The van der Waals surface area contributed by atoms with Crippen LogP contribution in [0.4, 0.5) is 0 Å². The molecule has 0 spiro atoms. The van der Waals surface area contributed by atoms with Gasteiger partial charge >= 0.3 is 0 Å². The fourth-order valence-electron chi connectivity index (χ4n) is 5.25. The molecule has 3 atom stereocenters. The molecule has 4 aromatic rings. The molecule has 160 valence electrons. The first-order valence-electron chi connectivity index (χ1n) is 10.5. The second kappa shape index (κ2) is 6.80. The Morgan fingerprint density at radius 2 is 2.06 bits per heavy atom. The minimum atomic E-state index is -0.227. The van der Waals surface area contributed by atoms with E-state index in [0.717, 1.165) is 48.1 Å². The van der Waals surface area contributed by atoms with Crippen LogP contribution in [0.5, 0.6) is 5.88 Å². The van der Waals surface area contributed by atoms with Crippen LogP contribution in [0.25, 0.3) is 4.96 Å². The van der Waals surface area contributed by atoms with Gasteiger partial charge in [-0.1, -0.05) is 17.4 Å².